The van der Waals surface area contributed by atoms with Crippen LogP contribution in [0.3, 0.4) is 0 Å². The lowest BCUT2D eigenvalue weighted by Gasteiger charge is -2.26. The highest BCUT2D eigenvalue weighted by Gasteiger charge is 2.17. The van der Waals surface area contributed by atoms with Crippen LogP contribution in [0.1, 0.15) is 39.0 Å². The molecule has 1 fully saturated rings. The van der Waals surface area contributed by atoms with Gasteiger partial charge in [0.15, 0.2) is 0 Å². The van der Waals surface area contributed by atoms with Gasteiger partial charge in [0.25, 0.3) is 0 Å². The van der Waals surface area contributed by atoms with Gasteiger partial charge in [0.2, 0.25) is 0 Å². The molecule has 3 heteroatoms. The van der Waals surface area contributed by atoms with Crippen LogP contribution in [-0.2, 0) is 0 Å². The first-order valence-corrected chi connectivity index (χ1v) is 7.04. The third-order valence-electron chi connectivity index (χ3n) is 4.10. The monoisotopic (exact) mass is 247 g/mol. The lowest BCUT2D eigenvalue weighted by molar-refractivity contribution is 0.282. The van der Waals surface area contributed by atoms with Crippen molar-refractivity contribution >= 4 is 17.1 Å². The van der Waals surface area contributed by atoms with E-state index in [1.807, 2.05) is 18.2 Å². The summed E-state index contributed by atoms with van der Waals surface area (Å²) in [6.07, 6.45) is 6.86. The van der Waals surface area contributed by atoms with Crippen LogP contribution in [-0.4, -0.2) is 6.54 Å². The molecule has 0 aromatic heterocycles. The molecule has 2 rings (SSSR count). The predicted octanol–water partition coefficient (Wildman–Crippen LogP) is 3.48. The molecule has 0 saturated heterocycles. The predicted molar refractivity (Wildman–Crippen MR) is 79.5 cm³/mol. The molecule has 5 N–H and O–H groups in total. The number of nitrogen functional groups attached to an aromatic ring is 2. The Morgan fingerprint density at radius 3 is 2.50 bits per heavy atom. The fraction of sp³-hybridized carbons (Fsp3) is 0.600. The fourth-order valence-corrected chi connectivity index (χ4v) is 2.72. The zero-order valence-electron chi connectivity index (χ0n) is 11.3. The standard InChI is InChI=1S/C15H25N3/c1-11-2-4-12(5-3-11)8-9-18-13-6-7-14(16)15(17)10-13/h6-7,10-12,18H,2-5,8-9,16-17H2,1H3. The van der Waals surface area contributed by atoms with Gasteiger partial charge in [-0.3, -0.25) is 0 Å². The Bertz CT molecular complexity index is 381. The Hall–Kier alpha value is -1.38. The molecule has 1 aromatic carbocycles. The van der Waals surface area contributed by atoms with Crippen molar-refractivity contribution in [3.63, 3.8) is 0 Å². The van der Waals surface area contributed by atoms with Gasteiger partial charge in [0, 0.05) is 12.2 Å². The maximum atomic E-state index is 5.79. The Morgan fingerprint density at radius 1 is 1.11 bits per heavy atom. The molecule has 1 aliphatic carbocycles. The zero-order valence-corrected chi connectivity index (χ0v) is 11.3. The molecule has 0 amide bonds. The second-order valence-corrected chi connectivity index (χ2v) is 5.69. The first kappa shape index (κ1) is 13.1. The van der Waals surface area contributed by atoms with Gasteiger partial charge in [-0.05, 0) is 36.5 Å². The SMILES string of the molecule is CC1CCC(CCNc2ccc(N)c(N)c2)CC1. The molecular formula is C15H25N3. The molecule has 0 radical (unpaired) electrons. The van der Waals surface area contributed by atoms with Crippen LogP contribution in [0, 0.1) is 11.8 Å². The summed E-state index contributed by atoms with van der Waals surface area (Å²) in [5.41, 5.74) is 13.9. The molecule has 1 aromatic rings. The van der Waals surface area contributed by atoms with Crippen LogP contribution in [0.2, 0.25) is 0 Å². The molecule has 1 aliphatic rings. The molecule has 1 saturated carbocycles. The second-order valence-electron chi connectivity index (χ2n) is 5.69. The largest absolute Gasteiger partial charge is 0.397 e. The van der Waals surface area contributed by atoms with Gasteiger partial charge in [-0.1, -0.05) is 32.6 Å². The highest BCUT2D eigenvalue weighted by Crippen LogP contribution is 2.30. The zero-order chi connectivity index (χ0) is 13.0. The summed E-state index contributed by atoms with van der Waals surface area (Å²) in [7, 11) is 0. The molecule has 0 heterocycles. The maximum absolute atomic E-state index is 5.79. The van der Waals surface area contributed by atoms with Crippen LogP contribution in [0.15, 0.2) is 18.2 Å². The van der Waals surface area contributed by atoms with Crippen LogP contribution < -0.4 is 16.8 Å². The van der Waals surface area contributed by atoms with Gasteiger partial charge in [-0.25, -0.2) is 0 Å². The first-order valence-electron chi connectivity index (χ1n) is 7.04. The molecule has 0 spiro atoms. The van der Waals surface area contributed by atoms with Gasteiger partial charge in [0.1, 0.15) is 0 Å². The van der Waals surface area contributed by atoms with E-state index >= 15 is 0 Å². The number of rotatable bonds is 4. The third-order valence-corrected chi connectivity index (χ3v) is 4.10. The summed E-state index contributed by atoms with van der Waals surface area (Å²) in [6.45, 7) is 3.40. The summed E-state index contributed by atoms with van der Waals surface area (Å²) in [5, 5.41) is 3.44. The minimum Gasteiger partial charge on any atom is -0.397 e. The summed E-state index contributed by atoms with van der Waals surface area (Å²) >= 11 is 0. The van der Waals surface area contributed by atoms with E-state index in [0.29, 0.717) is 11.4 Å². The van der Waals surface area contributed by atoms with Crippen molar-refractivity contribution in [1.82, 2.24) is 0 Å². The van der Waals surface area contributed by atoms with E-state index in [-0.39, 0.29) is 0 Å². The Kier molecular flexibility index (Phi) is 4.34. The van der Waals surface area contributed by atoms with E-state index in [2.05, 4.69) is 12.2 Å². The topological polar surface area (TPSA) is 64.1 Å². The van der Waals surface area contributed by atoms with E-state index in [4.69, 9.17) is 11.5 Å². The summed E-state index contributed by atoms with van der Waals surface area (Å²) in [4.78, 5) is 0. The normalized spacial score (nSPS) is 23.8. The second kappa shape index (κ2) is 5.98. The van der Waals surface area contributed by atoms with E-state index in [0.717, 1.165) is 24.1 Å². The Morgan fingerprint density at radius 2 is 1.83 bits per heavy atom. The molecule has 0 unspecified atom stereocenters. The summed E-state index contributed by atoms with van der Waals surface area (Å²) in [6, 6.07) is 5.77. The number of anilines is 3. The average molecular weight is 247 g/mol. The highest BCUT2D eigenvalue weighted by molar-refractivity contribution is 5.69. The molecule has 3 nitrogen and oxygen atoms in total. The number of hydrogen-bond acceptors (Lipinski definition) is 3. The lowest BCUT2D eigenvalue weighted by Crippen LogP contribution is -2.15. The van der Waals surface area contributed by atoms with Gasteiger partial charge in [0.05, 0.1) is 11.4 Å². The highest BCUT2D eigenvalue weighted by atomic mass is 14.9. The smallest absolute Gasteiger partial charge is 0.0568 e. The Labute approximate surface area is 110 Å². The first-order chi connectivity index (χ1) is 8.65. The van der Waals surface area contributed by atoms with E-state index in [9.17, 15) is 0 Å². The van der Waals surface area contributed by atoms with Crippen LogP contribution >= 0.6 is 0 Å². The van der Waals surface area contributed by atoms with Crippen molar-refractivity contribution in [3.8, 4) is 0 Å². The average Bonchev–Trinajstić information content (AvgIpc) is 2.36. The van der Waals surface area contributed by atoms with Crippen molar-refractivity contribution in [2.75, 3.05) is 23.3 Å². The molecule has 0 bridgehead atoms. The number of nitrogens with one attached hydrogen (secondary N) is 1. The minimum atomic E-state index is 0.654. The molecule has 100 valence electrons. The van der Waals surface area contributed by atoms with Gasteiger partial charge in [-0.2, -0.15) is 0 Å². The molecule has 0 aliphatic heterocycles. The summed E-state index contributed by atoms with van der Waals surface area (Å²) < 4.78 is 0. The van der Waals surface area contributed by atoms with Crippen LogP contribution in [0.4, 0.5) is 17.1 Å². The van der Waals surface area contributed by atoms with E-state index < -0.39 is 0 Å². The molecule has 0 atom stereocenters. The van der Waals surface area contributed by atoms with Gasteiger partial charge in [-0.15, -0.1) is 0 Å². The molecular weight excluding hydrogens is 222 g/mol. The van der Waals surface area contributed by atoms with E-state index in [1.165, 1.54) is 32.1 Å². The molecule has 18 heavy (non-hydrogen) atoms. The quantitative estimate of drug-likeness (QED) is 0.714. The minimum absolute atomic E-state index is 0.654. The fourth-order valence-electron chi connectivity index (χ4n) is 2.72. The number of hydrogen-bond donors (Lipinski definition) is 3. The van der Waals surface area contributed by atoms with Gasteiger partial charge >= 0.3 is 0 Å². The number of benzene rings is 1. The van der Waals surface area contributed by atoms with Gasteiger partial charge < -0.3 is 16.8 Å². The lowest BCUT2D eigenvalue weighted by atomic mass is 9.81. The third kappa shape index (κ3) is 3.56. The number of nitrogens with two attached hydrogens (primary N) is 2. The van der Waals surface area contributed by atoms with Crippen molar-refractivity contribution in [3.05, 3.63) is 18.2 Å². The van der Waals surface area contributed by atoms with Crippen molar-refractivity contribution < 1.29 is 0 Å². The van der Waals surface area contributed by atoms with Crippen molar-refractivity contribution in [1.29, 1.82) is 0 Å². The van der Waals surface area contributed by atoms with Crippen molar-refractivity contribution in [2.24, 2.45) is 11.8 Å². The maximum Gasteiger partial charge on any atom is 0.0568 e. The van der Waals surface area contributed by atoms with Crippen LogP contribution in [0.25, 0.3) is 0 Å². The van der Waals surface area contributed by atoms with E-state index in [1.54, 1.807) is 0 Å². The summed E-state index contributed by atoms with van der Waals surface area (Å²) in [5.74, 6) is 1.84. The Balaban J connectivity index is 1.73. The van der Waals surface area contributed by atoms with Crippen molar-refractivity contribution in [2.45, 2.75) is 39.0 Å². The van der Waals surface area contributed by atoms with Crippen LogP contribution in [0.5, 0.6) is 0 Å².